The van der Waals surface area contributed by atoms with E-state index in [0.29, 0.717) is 22.3 Å². The predicted octanol–water partition coefficient (Wildman–Crippen LogP) is 5.08. The van der Waals surface area contributed by atoms with Crippen molar-refractivity contribution in [2.75, 3.05) is 44.3 Å². The maximum atomic E-state index is 13.3. The third-order valence-corrected chi connectivity index (χ3v) is 6.62. The number of halogens is 2. The molecule has 4 rings (SSSR count). The molecular formula is C21H21BrClN3O2S. The van der Waals surface area contributed by atoms with E-state index in [2.05, 4.69) is 20.8 Å². The molecule has 5 nitrogen and oxygen atoms in total. The highest BCUT2D eigenvalue weighted by atomic mass is 79.9. The Bertz CT molecular complexity index is 1010. The summed E-state index contributed by atoms with van der Waals surface area (Å²) in [6, 6.07) is 13.1. The summed E-state index contributed by atoms with van der Waals surface area (Å²) in [5.74, 6) is -0.0431. The minimum atomic E-state index is -0.0431. The van der Waals surface area contributed by atoms with Crippen LogP contribution in [0.5, 0.6) is 0 Å². The Morgan fingerprint density at radius 2 is 2.07 bits per heavy atom. The minimum absolute atomic E-state index is 0.0431. The molecule has 2 aromatic carbocycles. The number of thiazole rings is 1. The van der Waals surface area contributed by atoms with Gasteiger partial charge in [-0.25, -0.2) is 4.98 Å². The molecule has 3 aromatic rings. The zero-order chi connectivity index (χ0) is 20.2. The van der Waals surface area contributed by atoms with Crippen molar-refractivity contribution in [1.29, 1.82) is 0 Å². The predicted molar refractivity (Wildman–Crippen MR) is 122 cm³/mol. The first-order chi connectivity index (χ1) is 14.1. The second-order valence-electron chi connectivity index (χ2n) is 6.88. The molecule has 1 aliphatic rings. The van der Waals surface area contributed by atoms with Crippen LogP contribution in [0.15, 0.2) is 46.9 Å². The van der Waals surface area contributed by atoms with E-state index in [0.717, 1.165) is 54.0 Å². The molecule has 0 bridgehead atoms. The fourth-order valence-corrected chi connectivity index (χ4v) is 5.01. The van der Waals surface area contributed by atoms with Crippen LogP contribution in [0.3, 0.4) is 0 Å². The second kappa shape index (κ2) is 9.53. The Kier molecular flexibility index (Phi) is 6.82. The van der Waals surface area contributed by atoms with Crippen molar-refractivity contribution >= 4 is 60.1 Å². The van der Waals surface area contributed by atoms with Crippen LogP contribution in [0.2, 0.25) is 5.02 Å². The number of morpholine rings is 1. The van der Waals surface area contributed by atoms with Crippen LogP contribution in [0.1, 0.15) is 16.8 Å². The maximum Gasteiger partial charge on any atom is 0.260 e. The van der Waals surface area contributed by atoms with Gasteiger partial charge in [0.15, 0.2) is 5.13 Å². The molecule has 0 radical (unpaired) electrons. The number of hydrogen-bond donors (Lipinski definition) is 0. The standard InChI is InChI=1S/C21H21BrClN3O2S/c22-16-4-1-3-15(13-16)20(27)26(8-2-7-25-9-11-28-12-10-25)21-24-18-6-5-17(23)14-19(18)29-21/h1,3-6,13-14H,2,7-12H2. The first-order valence-electron chi connectivity index (χ1n) is 9.54. The quantitative estimate of drug-likeness (QED) is 0.479. The van der Waals surface area contributed by atoms with Gasteiger partial charge in [0.25, 0.3) is 5.91 Å². The summed E-state index contributed by atoms with van der Waals surface area (Å²) >= 11 is 11.1. The van der Waals surface area contributed by atoms with Gasteiger partial charge in [-0.2, -0.15) is 0 Å². The lowest BCUT2D eigenvalue weighted by atomic mass is 10.2. The maximum absolute atomic E-state index is 13.3. The van der Waals surface area contributed by atoms with Gasteiger partial charge in [-0.1, -0.05) is 44.9 Å². The van der Waals surface area contributed by atoms with Crippen molar-refractivity contribution in [3.63, 3.8) is 0 Å². The van der Waals surface area contributed by atoms with E-state index in [9.17, 15) is 4.79 Å². The van der Waals surface area contributed by atoms with Crippen LogP contribution in [0, 0.1) is 0 Å². The first-order valence-corrected chi connectivity index (χ1v) is 11.5. The summed E-state index contributed by atoms with van der Waals surface area (Å²) in [6.45, 7) is 4.98. The number of rotatable bonds is 6. The molecular weight excluding hydrogens is 474 g/mol. The summed E-state index contributed by atoms with van der Waals surface area (Å²) in [5.41, 5.74) is 1.50. The van der Waals surface area contributed by atoms with Crippen LogP contribution in [0.4, 0.5) is 5.13 Å². The number of carbonyl (C=O) groups is 1. The van der Waals surface area contributed by atoms with E-state index in [4.69, 9.17) is 21.3 Å². The molecule has 0 N–H and O–H groups in total. The Morgan fingerprint density at radius 1 is 1.24 bits per heavy atom. The van der Waals surface area contributed by atoms with Crippen LogP contribution in [-0.2, 0) is 4.74 Å². The van der Waals surface area contributed by atoms with Gasteiger partial charge in [-0.3, -0.25) is 14.6 Å². The lowest BCUT2D eigenvalue weighted by Gasteiger charge is -2.27. The van der Waals surface area contributed by atoms with Gasteiger partial charge < -0.3 is 4.74 Å². The SMILES string of the molecule is O=C(c1cccc(Br)c1)N(CCCN1CCOCC1)c1nc2ccc(Cl)cc2s1. The fraction of sp³-hybridized carbons (Fsp3) is 0.333. The van der Waals surface area contributed by atoms with E-state index in [1.165, 1.54) is 11.3 Å². The number of aromatic nitrogens is 1. The molecule has 1 amide bonds. The van der Waals surface area contributed by atoms with Crippen molar-refractivity contribution in [3.8, 4) is 0 Å². The average molecular weight is 495 g/mol. The Labute approximate surface area is 187 Å². The fourth-order valence-electron chi connectivity index (χ4n) is 3.34. The summed E-state index contributed by atoms with van der Waals surface area (Å²) in [6.07, 6.45) is 0.871. The Morgan fingerprint density at radius 3 is 2.86 bits per heavy atom. The highest BCUT2D eigenvalue weighted by Gasteiger charge is 2.22. The van der Waals surface area contributed by atoms with Gasteiger partial charge in [0.2, 0.25) is 0 Å². The number of ether oxygens (including phenoxy) is 1. The van der Waals surface area contributed by atoms with Crippen molar-refractivity contribution in [1.82, 2.24) is 9.88 Å². The molecule has 0 saturated carbocycles. The third kappa shape index (κ3) is 5.16. The largest absolute Gasteiger partial charge is 0.379 e. The number of carbonyl (C=O) groups excluding carboxylic acids is 1. The van der Waals surface area contributed by atoms with E-state index in [1.54, 1.807) is 4.90 Å². The molecule has 8 heteroatoms. The molecule has 29 heavy (non-hydrogen) atoms. The van der Waals surface area contributed by atoms with E-state index in [-0.39, 0.29) is 5.91 Å². The van der Waals surface area contributed by atoms with Crippen LogP contribution in [-0.4, -0.2) is 55.2 Å². The molecule has 1 fully saturated rings. The number of benzene rings is 2. The van der Waals surface area contributed by atoms with Gasteiger partial charge >= 0.3 is 0 Å². The van der Waals surface area contributed by atoms with Crippen molar-refractivity contribution in [2.24, 2.45) is 0 Å². The Hall–Kier alpha value is -1.51. The highest BCUT2D eigenvalue weighted by Crippen LogP contribution is 2.32. The smallest absolute Gasteiger partial charge is 0.260 e. The summed E-state index contributed by atoms with van der Waals surface area (Å²) in [4.78, 5) is 22.2. The number of nitrogens with zero attached hydrogens (tertiary/aromatic N) is 3. The molecule has 1 aromatic heterocycles. The zero-order valence-corrected chi connectivity index (χ0v) is 19.0. The molecule has 152 valence electrons. The minimum Gasteiger partial charge on any atom is -0.379 e. The van der Waals surface area contributed by atoms with Crippen molar-refractivity contribution < 1.29 is 9.53 Å². The molecule has 0 unspecified atom stereocenters. The normalized spacial score (nSPS) is 15.0. The van der Waals surface area contributed by atoms with E-state index in [1.807, 2.05) is 42.5 Å². The number of hydrogen-bond acceptors (Lipinski definition) is 5. The summed E-state index contributed by atoms with van der Waals surface area (Å²) in [7, 11) is 0. The Balaban J connectivity index is 1.57. The van der Waals surface area contributed by atoms with Crippen LogP contribution in [0.25, 0.3) is 10.2 Å². The monoisotopic (exact) mass is 493 g/mol. The topological polar surface area (TPSA) is 45.7 Å². The molecule has 0 spiro atoms. The van der Waals surface area contributed by atoms with E-state index < -0.39 is 0 Å². The summed E-state index contributed by atoms with van der Waals surface area (Å²) in [5, 5.41) is 1.37. The van der Waals surface area contributed by atoms with Crippen molar-refractivity contribution in [3.05, 3.63) is 57.5 Å². The molecule has 0 aliphatic carbocycles. The highest BCUT2D eigenvalue weighted by molar-refractivity contribution is 9.10. The molecule has 1 aliphatic heterocycles. The van der Waals surface area contributed by atoms with E-state index >= 15 is 0 Å². The molecule has 2 heterocycles. The zero-order valence-electron chi connectivity index (χ0n) is 15.8. The number of amides is 1. The van der Waals surface area contributed by atoms with Gasteiger partial charge in [0, 0.05) is 41.2 Å². The third-order valence-electron chi connectivity index (χ3n) is 4.85. The van der Waals surface area contributed by atoms with Gasteiger partial charge in [-0.05, 0) is 42.8 Å². The van der Waals surface area contributed by atoms with Gasteiger partial charge in [0.1, 0.15) is 0 Å². The van der Waals surface area contributed by atoms with Crippen LogP contribution < -0.4 is 4.90 Å². The van der Waals surface area contributed by atoms with Crippen molar-refractivity contribution in [2.45, 2.75) is 6.42 Å². The first kappa shape index (κ1) is 20.8. The summed E-state index contributed by atoms with van der Waals surface area (Å²) < 4.78 is 7.28. The van der Waals surface area contributed by atoms with Gasteiger partial charge in [-0.15, -0.1) is 0 Å². The second-order valence-corrected chi connectivity index (χ2v) is 9.24. The van der Waals surface area contributed by atoms with Gasteiger partial charge in [0.05, 0.1) is 23.4 Å². The number of fused-ring (bicyclic) bond motifs is 1. The molecule has 0 atom stereocenters. The van der Waals surface area contributed by atoms with Crippen LogP contribution >= 0.6 is 38.9 Å². The lowest BCUT2D eigenvalue weighted by Crippen LogP contribution is -2.39. The lowest BCUT2D eigenvalue weighted by molar-refractivity contribution is 0.0376. The number of anilines is 1. The molecule has 1 saturated heterocycles. The average Bonchev–Trinajstić information content (AvgIpc) is 3.14.